The van der Waals surface area contributed by atoms with Crippen LogP contribution in [0.2, 0.25) is 0 Å². The summed E-state index contributed by atoms with van der Waals surface area (Å²) < 4.78 is 0. The summed E-state index contributed by atoms with van der Waals surface area (Å²) in [6, 6.07) is 18.7. The van der Waals surface area contributed by atoms with Gasteiger partial charge in [-0.05, 0) is 36.1 Å². The molecule has 0 radical (unpaired) electrons. The zero-order valence-electron chi connectivity index (χ0n) is 10.8. The van der Waals surface area contributed by atoms with Gasteiger partial charge in [0, 0.05) is 6.21 Å². The number of aryl methyl sites for hydroxylation is 1. The first kappa shape index (κ1) is 12.6. The maximum atomic E-state index is 4.44. The molecule has 0 aliphatic heterocycles. The molecular weight excluding hydrogens is 218 g/mol. The summed E-state index contributed by atoms with van der Waals surface area (Å²) in [5.41, 5.74) is 3.56. The van der Waals surface area contributed by atoms with E-state index in [4.69, 9.17) is 0 Å². The van der Waals surface area contributed by atoms with Crippen LogP contribution in [-0.4, -0.2) is 6.21 Å². The minimum Gasteiger partial charge on any atom is -0.256 e. The van der Waals surface area contributed by atoms with E-state index in [-0.39, 0.29) is 0 Å². The highest BCUT2D eigenvalue weighted by molar-refractivity contribution is 5.81. The highest BCUT2D eigenvalue weighted by Gasteiger charge is 1.93. The van der Waals surface area contributed by atoms with Crippen molar-refractivity contribution in [1.82, 2.24) is 0 Å². The standard InChI is InChI=1S/C17H19N/c1-2-3-7-15-10-12-16(13-11-15)14-18-17-8-5-4-6-9-17/h4-6,8-14H,2-3,7H2,1H3/b18-14-. The molecule has 0 saturated heterocycles. The Balaban J connectivity index is 2.00. The van der Waals surface area contributed by atoms with Gasteiger partial charge in [-0.2, -0.15) is 0 Å². The van der Waals surface area contributed by atoms with Crippen molar-refractivity contribution in [3.63, 3.8) is 0 Å². The first-order valence-electron chi connectivity index (χ1n) is 6.56. The lowest BCUT2D eigenvalue weighted by molar-refractivity contribution is 0.795. The molecule has 0 bridgehead atoms. The fourth-order valence-electron chi connectivity index (χ4n) is 1.81. The molecule has 0 N–H and O–H groups in total. The molecule has 1 heteroatoms. The van der Waals surface area contributed by atoms with Crippen LogP contribution in [0.5, 0.6) is 0 Å². The maximum Gasteiger partial charge on any atom is 0.0629 e. The number of aliphatic imine (C=N–C) groups is 1. The van der Waals surface area contributed by atoms with Gasteiger partial charge in [0.25, 0.3) is 0 Å². The van der Waals surface area contributed by atoms with Gasteiger partial charge in [-0.3, -0.25) is 4.99 Å². The SMILES string of the molecule is CCCCc1ccc(/C=N\c2ccccc2)cc1. The molecule has 0 fully saturated rings. The molecule has 0 atom stereocenters. The molecule has 0 saturated carbocycles. The van der Waals surface area contributed by atoms with Crippen LogP contribution in [0.4, 0.5) is 5.69 Å². The molecule has 0 amide bonds. The van der Waals surface area contributed by atoms with E-state index in [0.717, 1.165) is 11.3 Å². The van der Waals surface area contributed by atoms with Crippen molar-refractivity contribution in [1.29, 1.82) is 0 Å². The summed E-state index contributed by atoms with van der Waals surface area (Å²) in [4.78, 5) is 4.44. The Labute approximate surface area is 109 Å². The van der Waals surface area contributed by atoms with E-state index in [9.17, 15) is 0 Å². The van der Waals surface area contributed by atoms with Gasteiger partial charge in [0.1, 0.15) is 0 Å². The summed E-state index contributed by atoms with van der Waals surface area (Å²) in [5.74, 6) is 0. The van der Waals surface area contributed by atoms with Crippen LogP contribution in [0.3, 0.4) is 0 Å². The first-order chi connectivity index (χ1) is 8.88. The third-order valence-corrected chi connectivity index (χ3v) is 2.92. The van der Waals surface area contributed by atoms with Crippen LogP contribution in [0, 0.1) is 0 Å². The lowest BCUT2D eigenvalue weighted by Gasteiger charge is -2.00. The van der Waals surface area contributed by atoms with Gasteiger partial charge in [-0.1, -0.05) is 55.8 Å². The molecule has 0 aromatic heterocycles. The zero-order chi connectivity index (χ0) is 12.6. The highest BCUT2D eigenvalue weighted by Crippen LogP contribution is 2.11. The molecule has 0 unspecified atom stereocenters. The molecular formula is C17H19N. The predicted octanol–water partition coefficient (Wildman–Crippen LogP) is 4.78. The van der Waals surface area contributed by atoms with E-state index in [0.29, 0.717) is 0 Å². The number of hydrogen-bond acceptors (Lipinski definition) is 1. The lowest BCUT2D eigenvalue weighted by atomic mass is 10.1. The van der Waals surface area contributed by atoms with E-state index < -0.39 is 0 Å². The number of benzene rings is 2. The van der Waals surface area contributed by atoms with Crippen molar-refractivity contribution in [2.45, 2.75) is 26.2 Å². The second kappa shape index (κ2) is 6.75. The number of hydrogen-bond donors (Lipinski definition) is 0. The average Bonchev–Trinajstić information content (AvgIpc) is 2.45. The normalized spacial score (nSPS) is 10.9. The quantitative estimate of drug-likeness (QED) is 0.664. The van der Waals surface area contributed by atoms with Gasteiger partial charge in [-0.25, -0.2) is 0 Å². The predicted molar refractivity (Wildman–Crippen MR) is 78.8 cm³/mol. The average molecular weight is 237 g/mol. The van der Waals surface area contributed by atoms with Crippen LogP contribution in [0.15, 0.2) is 59.6 Å². The van der Waals surface area contributed by atoms with Gasteiger partial charge in [0.2, 0.25) is 0 Å². The van der Waals surface area contributed by atoms with Crippen molar-refractivity contribution >= 4 is 11.9 Å². The molecule has 0 aliphatic carbocycles. The van der Waals surface area contributed by atoms with Crippen molar-refractivity contribution in [2.75, 3.05) is 0 Å². The van der Waals surface area contributed by atoms with E-state index in [1.54, 1.807) is 0 Å². The summed E-state index contributed by atoms with van der Waals surface area (Å²) in [7, 11) is 0. The minimum absolute atomic E-state index is 0.993. The smallest absolute Gasteiger partial charge is 0.0629 e. The van der Waals surface area contributed by atoms with Crippen molar-refractivity contribution in [3.05, 3.63) is 65.7 Å². The van der Waals surface area contributed by atoms with Crippen molar-refractivity contribution in [2.24, 2.45) is 4.99 Å². The summed E-state index contributed by atoms with van der Waals surface area (Å²) >= 11 is 0. The largest absolute Gasteiger partial charge is 0.256 e. The Morgan fingerprint density at radius 1 is 0.944 bits per heavy atom. The molecule has 0 aliphatic rings. The molecule has 18 heavy (non-hydrogen) atoms. The molecule has 0 spiro atoms. The van der Waals surface area contributed by atoms with Gasteiger partial charge in [0.15, 0.2) is 0 Å². The second-order valence-corrected chi connectivity index (χ2v) is 4.44. The third-order valence-electron chi connectivity index (χ3n) is 2.92. The van der Waals surface area contributed by atoms with Gasteiger partial charge >= 0.3 is 0 Å². The Bertz CT molecular complexity index is 483. The maximum absolute atomic E-state index is 4.44. The van der Waals surface area contributed by atoms with Gasteiger partial charge < -0.3 is 0 Å². The second-order valence-electron chi connectivity index (χ2n) is 4.44. The van der Waals surface area contributed by atoms with Gasteiger partial charge in [-0.15, -0.1) is 0 Å². The summed E-state index contributed by atoms with van der Waals surface area (Å²) in [5, 5.41) is 0. The zero-order valence-corrected chi connectivity index (χ0v) is 10.8. The fraction of sp³-hybridized carbons (Fsp3) is 0.235. The number of para-hydroxylation sites is 1. The van der Waals surface area contributed by atoms with E-state index in [2.05, 4.69) is 36.2 Å². The summed E-state index contributed by atoms with van der Waals surface area (Å²) in [6.07, 6.45) is 5.60. The Morgan fingerprint density at radius 2 is 1.67 bits per heavy atom. The summed E-state index contributed by atoms with van der Waals surface area (Å²) in [6.45, 7) is 2.22. The molecule has 1 nitrogen and oxygen atoms in total. The number of rotatable bonds is 5. The molecule has 2 aromatic carbocycles. The molecule has 92 valence electrons. The lowest BCUT2D eigenvalue weighted by Crippen LogP contribution is -1.86. The topological polar surface area (TPSA) is 12.4 Å². The fourth-order valence-corrected chi connectivity index (χ4v) is 1.81. The van der Waals surface area contributed by atoms with E-state index in [1.165, 1.54) is 24.8 Å². The Kier molecular flexibility index (Phi) is 4.71. The number of nitrogens with zero attached hydrogens (tertiary/aromatic N) is 1. The van der Waals surface area contributed by atoms with E-state index in [1.807, 2.05) is 36.5 Å². The van der Waals surface area contributed by atoms with Crippen molar-refractivity contribution < 1.29 is 0 Å². The van der Waals surface area contributed by atoms with Crippen LogP contribution in [0.25, 0.3) is 0 Å². The third kappa shape index (κ3) is 3.85. The minimum atomic E-state index is 0.993. The van der Waals surface area contributed by atoms with Crippen LogP contribution in [0.1, 0.15) is 30.9 Å². The molecule has 2 rings (SSSR count). The van der Waals surface area contributed by atoms with Crippen LogP contribution in [-0.2, 0) is 6.42 Å². The highest BCUT2D eigenvalue weighted by atomic mass is 14.7. The first-order valence-corrected chi connectivity index (χ1v) is 6.56. The molecule has 2 aromatic rings. The van der Waals surface area contributed by atoms with Crippen molar-refractivity contribution in [3.8, 4) is 0 Å². The van der Waals surface area contributed by atoms with Gasteiger partial charge in [0.05, 0.1) is 5.69 Å². The Morgan fingerprint density at radius 3 is 2.33 bits per heavy atom. The Hall–Kier alpha value is -1.89. The molecule has 0 heterocycles. The van der Waals surface area contributed by atoms with E-state index >= 15 is 0 Å². The monoisotopic (exact) mass is 237 g/mol. The van der Waals surface area contributed by atoms with Crippen LogP contribution < -0.4 is 0 Å². The van der Waals surface area contributed by atoms with Crippen LogP contribution >= 0.6 is 0 Å². The number of unbranched alkanes of at least 4 members (excludes halogenated alkanes) is 1.